The van der Waals surface area contributed by atoms with Gasteiger partial charge in [-0.2, -0.15) is 0 Å². The van der Waals surface area contributed by atoms with E-state index in [1.54, 1.807) is 26.0 Å². The molecule has 0 aliphatic carbocycles. The van der Waals surface area contributed by atoms with E-state index in [0.29, 0.717) is 6.08 Å². The molecule has 0 amide bonds. The quantitative estimate of drug-likeness (QED) is 0.769. The minimum atomic E-state index is -1.55. The van der Waals surface area contributed by atoms with Crippen molar-refractivity contribution in [3.63, 3.8) is 0 Å². The third-order valence-corrected chi connectivity index (χ3v) is 2.97. The summed E-state index contributed by atoms with van der Waals surface area (Å²) in [5.41, 5.74) is 0.344. The number of benzene rings is 1. The first-order chi connectivity index (χ1) is 8.26. The van der Waals surface area contributed by atoms with Crippen LogP contribution in [0.15, 0.2) is 35.9 Å². The molecule has 0 aliphatic rings. The number of rotatable bonds is 4. The fourth-order valence-electron chi connectivity index (χ4n) is 2.03. The molecule has 1 aromatic rings. The van der Waals surface area contributed by atoms with Crippen LogP contribution in [0.4, 0.5) is 0 Å². The van der Waals surface area contributed by atoms with Crippen LogP contribution in [-0.4, -0.2) is 11.9 Å². The SMILES string of the molecule is Cc1ccccc1C(C)(C)/C(=C/C(=O)[O-])C(=O)[O-].[NH4+].[NH4+]. The Labute approximate surface area is 118 Å². The number of carboxylic acid groups (broad SMARTS) is 2. The molecule has 0 saturated heterocycles. The molecular weight excluding hydrogens is 260 g/mol. The van der Waals surface area contributed by atoms with Gasteiger partial charge in [0.05, 0.1) is 11.9 Å². The first-order valence-corrected chi connectivity index (χ1v) is 5.47. The summed E-state index contributed by atoms with van der Waals surface area (Å²) in [4.78, 5) is 21.7. The summed E-state index contributed by atoms with van der Waals surface area (Å²) in [6.45, 7) is 5.11. The summed E-state index contributed by atoms with van der Waals surface area (Å²) >= 11 is 0. The van der Waals surface area contributed by atoms with Crippen molar-refractivity contribution in [2.24, 2.45) is 0 Å². The second kappa shape index (κ2) is 7.42. The minimum Gasteiger partial charge on any atom is -0.545 e. The van der Waals surface area contributed by atoms with Crippen LogP contribution in [0.2, 0.25) is 0 Å². The molecule has 0 radical (unpaired) electrons. The Balaban J connectivity index is 0. The van der Waals surface area contributed by atoms with Crippen molar-refractivity contribution in [2.45, 2.75) is 26.2 Å². The van der Waals surface area contributed by atoms with Crippen molar-refractivity contribution in [3.8, 4) is 0 Å². The van der Waals surface area contributed by atoms with Gasteiger partial charge in [-0.3, -0.25) is 0 Å². The van der Waals surface area contributed by atoms with Gasteiger partial charge in [0.25, 0.3) is 0 Å². The molecule has 0 bridgehead atoms. The topological polar surface area (TPSA) is 153 Å². The normalized spacial score (nSPS) is 11.1. The van der Waals surface area contributed by atoms with Crippen LogP contribution in [0, 0.1) is 6.92 Å². The van der Waals surface area contributed by atoms with Gasteiger partial charge in [0.15, 0.2) is 0 Å². The Morgan fingerprint density at radius 3 is 2.00 bits per heavy atom. The molecule has 0 unspecified atom stereocenters. The van der Waals surface area contributed by atoms with E-state index < -0.39 is 17.4 Å². The highest BCUT2D eigenvalue weighted by atomic mass is 16.4. The highest BCUT2D eigenvalue weighted by Crippen LogP contribution is 2.33. The van der Waals surface area contributed by atoms with E-state index in [9.17, 15) is 19.8 Å². The lowest BCUT2D eigenvalue weighted by Gasteiger charge is -2.31. The van der Waals surface area contributed by atoms with Crippen LogP contribution in [-0.2, 0) is 15.0 Å². The molecule has 1 aromatic carbocycles. The molecule has 8 N–H and O–H groups in total. The van der Waals surface area contributed by atoms with E-state index in [1.807, 2.05) is 19.1 Å². The predicted octanol–water partition coefficient (Wildman–Crippen LogP) is 0.451. The van der Waals surface area contributed by atoms with Crippen LogP contribution in [0.25, 0.3) is 0 Å². The van der Waals surface area contributed by atoms with Gasteiger partial charge in [-0.25, -0.2) is 0 Å². The average molecular weight is 282 g/mol. The number of hydrogen-bond donors (Lipinski definition) is 2. The summed E-state index contributed by atoms with van der Waals surface area (Å²) in [5, 5.41) is 21.7. The van der Waals surface area contributed by atoms with Crippen LogP contribution in [0.3, 0.4) is 0 Å². The molecule has 1 rings (SSSR count). The first-order valence-electron chi connectivity index (χ1n) is 5.47. The molecule has 112 valence electrons. The summed E-state index contributed by atoms with van der Waals surface area (Å²) in [7, 11) is 0. The molecule has 6 heteroatoms. The number of quaternary nitrogens is 2. The van der Waals surface area contributed by atoms with Crippen LogP contribution in [0.5, 0.6) is 0 Å². The standard InChI is InChI=1S/C14H16O4.2H3N/c1-9-6-4-5-7-10(9)14(2,3)11(13(17)18)8-12(15)16;;/h4-8H,1-3H3,(H,15,16)(H,17,18);2*1H3/b11-8+;;. The maximum atomic E-state index is 11.1. The van der Waals surface area contributed by atoms with Crippen molar-refractivity contribution in [3.05, 3.63) is 47.0 Å². The van der Waals surface area contributed by atoms with Gasteiger partial charge < -0.3 is 32.1 Å². The van der Waals surface area contributed by atoms with E-state index >= 15 is 0 Å². The van der Waals surface area contributed by atoms with Gasteiger partial charge in [0, 0.05) is 5.41 Å². The van der Waals surface area contributed by atoms with E-state index in [2.05, 4.69) is 0 Å². The summed E-state index contributed by atoms with van der Waals surface area (Å²) in [5.74, 6) is -3.05. The van der Waals surface area contributed by atoms with Crippen molar-refractivity contribution < 1.29 is 19.8 Å². The van der Waals surface area contributed by atoms with E-state index in [1.165, 1.54) is 0 Å². The van der Waals surface area contributed by atoms with Gasteiger partial charge in [0.1, 0.15) is 0 Å². The molecule has 6 nitrogen and oxygen atoms in total. The zero-order valence-electron chi connectivity index (χ0n) is 12.5. The van der Waals surface area contributed by atoms with Gasteiger partial charge in [-0.15, -0.1) is 0 Å². The Hall–Kier alpha value is -2.18. The lowest BCUT2D eigenvalue weighted by Crippen LogP contribution is -2.37. The Kier molecular flexibility index (Phi) is 7.47. The molecule has 0 saturated carbocycles. The minimum absolute atomic E-state index is 0. The molecule has 0 spiro atoms. The van der Waals surface area contributed by atoms with E-state index in [0.717, 1.165) is 11.1 Å². The largest absolute Gasteiger partial charge is 0.545 e. The zero-order valence-corrected chi connectivity index (χ0v) is 12.5. The Morgan fingerprint density at radius 1 is 1.10 bits per heavy atom. The predicted molar refractivity (Wildman–Crippen MR) is 74.3 cm³/mol. The smallest absolute Gasteiger partial charge is 0.0684 e. The highest BCUT2D eigenvalue weighted by molar-refractivity contribution is 5.95. The maximum absolute atomic E-state index is 11.1. The van der Waals surface area contributed by atoms with Crippen molar-refractivity contribution in [1.29, 1.82) is 0 Å². The molecule has 0 aliphatic heterocycles. The number of aliphatic carboxylic acids is 2. The van der Waals surface area contributed by atoms with Gasteiger partial charge >= 0.3 is 0 Å². The maximum Gasteiger partial charge on any atom is 0.0684 e. The second-order valence-corrected chi connectivity index (χ2v) is 4.60. The van der Waals surface area contributed by atoms with E-state index in [4.69, 9.17) is 0 Å². The molecular formula is C14H22N2O4. The monoisotopic (exact) mass is 282 g/mol. The summed E-state index contributed by atoms with van der Waals surface area (Å²) in [6.07, 6.45) is 0.585. The van der Waals surface area contributed by atoms with Crippen LogP contribution in [0.1, 0.15) is 25.0 Å². The summed E-state index contributed by atoms with van der Waals surface area (Å²) < 4.78 is 0. The number of carbonyl (C=O) groups excluding carboxylic acids is 2. The van der Waals surface area contributed by atoms with Crippen molar-refractivity contribution >= 4 is 11.9 Å². The lowest BCUT2D eigenvalue weighted by molar-refractivity contribution is -0.303. The Morgan fingerprint density at radius 2 is 1.60 bits per heavy atom. The Bertz CT molecular complexity index is 522. The molecule has 0 heterocycles. The third kappa shape index (κ3) is 4.18. The third-order valence-electron chi connectivity index (χ3n) is 2.97. The molecule has 0 atom stereocenters. The number of hydrogen-bond acceptors (Lipinski definition) is 4. The average Bonchev–Trinajstić information content (AvgIpc) is 2.25. The van der Waals surface area contributed by atoms with Gasteiger partial charge in [0.2, 0.25) is 0 Å². The first kappa shape index (κ1) is 20.1. The van der Waals surface area contributed by atoms with Crippen molar-refractivity contribution in [2.75, 3.05) is 0 Å². The second-order valence-electron chi connectivity index (χ2n) is 4.60. The molecule has 0 aromatic heterocycles. The van der Waals surface area contributed by atoms with Crippen LogP contribution >= 0.6 is 0 Å². The highest BCUT2D eigenvalue weighted by Gasteiger charge is 2.27. The number of carbonyl (C=O) groups is 2. The molecule has 0 fully saturated rings. The number of carboxylic acids is 2. The van der Waals surface area contributed by atoms with E-state index in [-0.39, 0.29) is 17.9 Å². The fraction of sp³-hybridized carbons (Fsp3) is 0.286. The lowest BCUT2D eigenvalue weighted by atomic mass is 9.75. The summed E-state index contributed by atoms with van der Waals surface area (Å²) in [6, 6.07) is 7.20. The molecule has 20 heavy (non-hydrogen) atoms. The fourth-order valence-corrected chi connectivity index (χ4v) is 2.03. The van der Waals surface area contributed by atoms with Crippen LogP contribution < -0.4 is 22.5 Å². The van der Waals surface area contributed by atoms with Crippen molar-refractivity contribution in [1.82, 2.24) is 12.3 Å². The van der Waals surface area contributed by atoms with Gasteiger partial charge in [-0.1, -0.05) is 38.1 Å². The van der Waals surface area contributed by atoms with Gasteiger partial charge in [-0.05, 0) is 29.7 Å². The number of aryl methyl sites for hydroxylation is 1. The zero-order chi connectivity index (χ0) is 13.9.